The van der Waals surface area contributed by atoms with Gasteiger partial charge in [0, 0.05) is 19.4 Å². The molecule has 1 heterocycles. The first-order chi connectivity index (χ1) is 7.74. The molecule has 0 aliphatic rings. The van der Waals surface area contributed by atoms with Crippen molar-refractivity contribution >= 4 is 17.7 Å². The Morgan fingerprint density at radius 3 is 3.06 bits per heavy atom. The first-order valence-corrected chi connectivity index (χ1v) is 6.69. The Morgan fingerprint density at radius 2 is 2.44 bits per heavy atom. The number of carbonyl (C=O) groups excluding carboxylic acids is 1. The van der Waals surface area contributed by atoms with Gasteiger partial charge in [0.1, 0.15) is 5.82 Å². The maximum atomic E-state index is 11.7. The van der Waals surface area contributed by atoms with E-state index < -0.39 is 0 Å². The van der Waals surface area contributed by atoms with Crippen molar-refractivity contribution in [2.45, 2.75) is 26.3 Å². The number of thioether (sulfide) groups is 1. The van der Waals surface area contributed by atoms with Crippen molar-refractivity contribution in [3.8, 4) is 0 Å². The lowest BCUT2D eigenvalue weighted by Crippen LogP contribution is -2.28. The molecule has 90 valence electrons. The molecule has 0 bridgehead atoms. The maximum absolute atomic E-state index is 11.7. The average molecular weight is 241 g/mol. The molecule has 0 aromatic carbocycles. The Kier molecular flexibility index (Phi) is 6.00. The van der Waals surface area contributed by atoms with E-state index >= 15 is 0 Å². The van der Waals surface area contributed by atoms with Crippen molar-refractivity contribution in [1.82, 2.24) is 14.9 Å². The summed E-state index contributed by atoms with van der Waals surface area (Å²) < 4.78 is 0. The van der Waals surface area contributed by atoms with Gasteiger partial charge in [-0.3, -0.25) is 4.79 Å². The number of rotatable bonds is 7. The molecule has 0 saturated heterocycles. The van der Waals surface area contributed by atoms with Crippen LogP contribution in [0.25, 0.3) is 0 Å². The lowest BCUT2D eigenvalue weighted by Gasteiger charge is -2.15. The van der Waals surface area contributed by atoms with Gasteiger partial charge >= 0.3 is 0 Å². The minimum Gasteiger partial charge on any atom is -0.347 e. The van der Waals surface area contributed by atoms with Crippen LogP contribution in [0.1, 0.15) is 25.6 Å². The third-order valence-corrected chi connectivity index (χ3v) is 3.26. The van der Waals surface area contributed by atoms with E-state index in [1.165, 1.54) is 12.8 Å². The summed E-state index contributed by atoms with van der Waals surface area (Å²) in [6, 6.07) is 0. The highest BCUT2D eigenvalue weighted by atomic mass is 32.2. The molecule has 16 heavy (non-hydrogen) atoms. The number of aromatic nitrogens is 2. The largest absolute Gasteiger partial charge is 0.347 e. The van der Waals surface area contributed by atoms with Gasteiger partial charge in [0.2, 0.25) is 5.91 Å². The molecule has 1 N–H and O–H groups in total. The van der Waals surface area contributed by atoms with Crippen LogP contribution < -0.4 is 0 Å². The molecule has 0 fully saturated rings. The molecule has 0 aliphatic heterocycles. The van der Waals surface area contributed by atoms with Crippen LogP contribution in [0.3, 0.4) is 0 Å². The number of unbranched alkanes of at least 4 members (excludes halogenated alkanes) is 1. The first-order valence-electron chi connectivity index (χ1n) is 5.54. The van der Waals surface area contributed by atoms with Gasteiger partial charge in [-0.15, -0.1) is 0 Å². The Morgan fingerprint density at radius 1 is 1.62 bits per heavy atom. The molecule has 0 atom stereocenters. The Bertz CT molecular complexity index is 300. The smallest absolute Gasteiger partial charge is 0.232 e. The topological polar surface area (TPSA) is 49.0 Å². The van der Waals surface area contributed by atoms with Crippen molar-refractivity contribution < 1.29 is 4.79 Å². The summed E-state index contributed by atoms with van der Waals surface area (Å²) in [5.74, 6) is 2.63. The Labute approximate surface area is 101 Å². The predicted molar refractivity (Wildman–Crippen MR) is 67.3 cm³/mol. The van der Waals surface area contributed by atoms with Gasteiger partial charge in [0.25, 0.3) is 0 Å². The summed E-state index contributed by atoms with van der Waals surface area (Å²) in [4.78, 5) is 20.5. The van der Waals surface area contributed by atoms with Crippen LogP contribution in [-0.2, 0) is 11.3 Å². The average Bonchev–Trinajstić information content (AvgIpc) is 2.76. The third kappa shape index (κ3) is 4.70. The predicted octanol–water partition coefficient (Wildman–Crippen LogP) is 1.90. The lowest BCUT2D eigenvalue weighted by molar-refractivity contribution is -0.127. The number of amides is 1. The van der Waals surface area contributed by atoms with Crippen molar-refractivity contribution in [2.75, 3.05) is 18.6 Å². The van der Waals surface area contributed by atoms with Gasteiger partial charge in [0.15, 0.2) is 0 Å². The van der Waals surface area contributed by atoms with E-state index in [0.29, 0.717) is 12.3 Å². The van der Waals surface area contributed by atoms with E-state index in [2.05, 4.69) is 16.9 Å². The van der Waals surface area contributed by atoms with Crippen LogP contribution in [0.2, 0.25) is 0 Å². The maximum Gasteiger partial charge on any atom is 0.232 e. The highest BCUT2D eigenvalue weighted by molar-refractivity contribution is 7.99. The second-order valence-corrected chi connectivity index (χ2v) is 4.80. The van der Waals surface area contributed by atoms with Crippen LogP contribution in [0.5, 0.6) is 0 Å². The minimum atomic E-state index is 0.164. The standard InChI is InChI=1S/C11H19N3OS/c1-3-4-7-16-9-11(15)14(2)8-10-12-5-6-13-10/h5-6H,3-4,7-9H2,1-2H3,(H,12,13). The van der Waals surface area contributed by atoms with E-state index in [9.17, 15) is 4.79 Å². The van der Waals surface area contributed by atoms with Gasteiger partial charge in [-0.25, -0.2) is 4.98 Å². The number of hydrogen-bond acceptors (Lipinski definition) is 3. The molecule has 0 saturated carbocycles. The van der Waals surface area contributed by atoms with Crippen molar-refractivity contribution in [3.63, 3.8) is 0 Å². The molecular formula is C11H19N3OS. The van der Waals surface area contributed by atoms with Crippen LogP contribution in [-0.4, -0.2) is 39.3 Å². The second-order valence-electron chi connectivity index (χ2n) is 3.69. The SMILES string of the molecule is CCCCSCC(=O)N(C)Cc1ncc[nH]1. The normalized spacial score (nSPS) is 10.4. The van der Waals surface area contributed by atoms with E-state index in [1.54, 1.807) is 29.1 Å². The van der Waals surface area contributed by atoms with Crippen LogP contribution in [0.4, 0.5) is 0 Å². The molecule has 1 aromatic rings. The van der Waals surface area contributed by atoms with E-state index in [4.69, 9.17) is 0 Å². The quantitative estimate of drug-likeness (QED) is 0.742. The van der Waals surface area contributed by atoms with E-state index in [0.717, 1.165) is 11.6 Å². The van der Waals surface area contributed by atoms with Gasteiger partial charge in [0.05, 0.1) is 12.3 Å². The fraction of sp³-hybridized carbons (Fsp3) is 0.636. The summed E-state index contributed by atoms with van der Waals surface area (Å²) in [5, 5.41) is 0. The number of nitrogens with one attached hydrogen (secondary N) is 1. The molecule has 1 amide bonds. The number of carbonyl (C=O) groups is 1. The van der Waals surface area contributed by atoms with Gasteiger partial charge in [-0.2, -0.15) is 11.8 Å². The molecule has 0 spiro atoms. The molecular weight excluding hydrogens is 222 g/mol. The molecule has 4 nitrogen and oxygen atoms in total. The molecule has 0 unspecified atom stereocenters. The summed E-state index contributed by atoms with van der Waals surface area (Å²) in [5.41, 5.74) is 0. The summed E-state index contributed by atoms with van der Waals surface area (Å²) in [6.45, 7) is 2.71. The zero-order chi connectivity index (χ0) is 11.8. The number of hydrogen-bond donors (Lipinski definition) is 1. The zero-order valence-corrected chi connectivity index (χ0v) is 10.7. The number of imidazole rings is 1. The summed E-state index contributed by atoms with van der Waals surface area (Å²) in [6.07, 6.45) is 5.83. The highest BCUT2D eigenvalue weighted by Gasteiger charge is 2.09. The number of nitrogens with zero attached hydrogens (tertiary/aromatic N) is 2. The first kappa shape index (κ1) is 13.1. The molecule has 5 heteroatoms. The highest BCUT2D eigenvalue weighted by Crippen LogP contribution is 2.06. The molecule has 0 aliphatic carbocycles. The Balaban J connectivity index is 2.20. The molecule has 1 aromatic heterocycles. The number of H-pyrrole nitrogens is 1. The fourth-order valence-corrected chi connectivity index (χ4v) is 2.25. The van der Waals surface area contributed by atoms with Crippen molar-refractivity contribution in [2.24, 2.45) is 0 Å². The minimum absolute atomic E-state index is 0.164. The van der Waals surface area contributed by atoms with Crippen LogP contribution in [0, 0.1) is 0 Å². The number of aromatic amines is 1. The molecule has 0 radical (unpaired) electrons. The molecule has 1 rings (SSSR count). The fourth-order valence-electron chi connectivity index (χ4n) is 1.21. The van der Waals surface area contributed by atoms with E-state index in [1.807, 2.05) is 7.05 Å². The summed E-state index contributed by atoms with van der Waals surface area (Å²) in [7, 11) is 1.81. The Hall–Kier alpha value is -0.970. The van der Waals surface area contributed by atoms with Crippen LogP contribution in [0.15, 0.2) is 12.4 Å². The van der Waals surface area contributed by atoms with Crippen LogP contribution >= 0.6 is 11.8 Å². The van der Waals surface area contributed by atoms with Gasteiger partial charge in [-0.05, 0) is 12.2 Å². The lowest BCUT2D eigenvalue weighted by atomic mass is 10.4. The van der Waals surface area contributed by atoms with Crippen molar-refractivity contribution in [3.05, 3.63) is 18.2 Å². The monoisotopic (exact) mass is 241 g/mol. The van der Waals surface area contributed by atoms with Gasteiger partial charge in [-0.1, -0.05) is 13.3 Å². The van der Waals surface area contributed by atoms with Gasteiger partial charge < -0.3 is 9.88 Å². The zero-order valence-electron chi connectivity index (χ0n) is 9.90. The summed E-state index contributed by atoms with van der Waals surface area (Å²) >= 11 is 1.71. The van der Waals surface area contributed by atoms with E-state index in [-0.39, 0.29) is 5.91 Å². The third-order valence-electron chi connectivity index (χ3n) is 2.24. The second kappa shape index (κ2) is 7.33. The van der Waals surface area contributed by atoms with Crippen molar-refractivity contribution in [1.29, 1.82) is 0 Å².